The molecule has 3 aromatic rings. The molecule has 10 heteroatoms. The Bertz CT molecular complexity index is 1300. The van der Waals surface area contributed by atoms with Crippen molar-refractivity contribution in [2.45, 2.75) is 13.0 Å². The van der Waals surface area contributed by atoms with Gasteiger partial charge in [0.2, 0.25) is 5.96 Å². The summed E-state index contributed by atoms with van der Waals surface area (Å²) in [6, 6.07) is 7.73. The maximum Gasteiger partial charge on any atom is 0.277 e. The summed E-state index contributed by atoms with van der Waals surface area (Å²) in [4.78, 5) is 29.9. The normalized spacial score (nSPS) is 18.5. The van der Waals surface area contributed by atoms with Crippen molar-refractivity contribution in [1.82, 2.24) is 15.2 Å². The Morgan fingerprint density at radius 1 is 1.26 bits per heavy atom. The number of hydrogen-bond donors (Lipinski definition) is 3. The summed E-state index contributed by atoms with van der Waals surface area (Å²) < 4.78 is 9.07. The molecular formula is C21H18BrN5O3S. The van der Waals surface area contributed by atoms with Gasteiger partial charge in [0.1, 0.15) is 17.1 Å². The molecule has 1 aromatic carbocycles. The lowest BCUT2D eigenvalue weighted by Crippen LogP contribution is -2.30. The second kappa shape index (κ2) is 7.54. The van der Waals surface area contributed by atoms with Gasteiger partial charge in [-0.2, -0.15) is 0 Å². The summed E-state index contributed by atoms with van der Waals surface area (Å²) in [5, 5.41) is 7.49. The van der Waals surface area contributed by atoms with Crippen molar-refractivity contribution in [1.29, 1.82) is 0 Å². The van der Waals surface area contributed by atoms with Crippen molar-refractivity contribution in [3.8, 4) is 5.75 Å². The molecule has 4 N–H and O–H groups in total. The number of hydrogen-bond acceptors (Lipinski definition) is 6. The molecule has 5 rings (SSSR count). The van der Waals surface area contributed by atoms with E-state index >= 15 is 0 Å². The third-order valence-corrected chi connectivity index (χ3v) is 7.27. The molecule has 0 atom stereocenters. The molecule has 31 heavy (non-hydrogen) atoms. The fourth-order valence-electron chi connectivity index (χ4n) is 4.03. The lowest BCUT2D eigenvalue weighted by molar-refractivity contribution is -0.115. The Labute approximate surface area is 189 Å². The van der Waals surface area contributed by atoms with E-state index in [0.717, 1.165) is 37.1 Å². The molecule has 0 spiro atoms. The highest BCUT2D eigenvalue weighted by Crippen LogP contribution is 2.43. The Morgan fingerprint density at radius 2 is 2.03 bits per heavy atom. The quantitative estimate of drug-likeness (QED) is 0.481. The number of nitrogens with zero attached hydrogens (tertiary/aromatic N) is 2. The van der Waals surface area contributed by atoms with Gasteiger partial charge in [0.05, 0.1) is 21.8 Å². The van der Waals surface area contributed by atoms with Crippen LogP contribution >= 0.6 is 27.3 Å². The second-order valence-electron chi connectivity index (χ2n) is 7.20. The average Bonchev–Trinajstić information content (AvgIpc) is 3.35. The molecule has 0 fully saturated rings. The summed E-state index contributed by atoms with van der Waals surface area (Å²) in [6.07, 6.45) is 0.482. The summed E-state index contributed by atoms with van der Waals surface area (Å²) in [7, 11) is 1.63. The smallest absolute Gasteiger partial charge is 0.277 e. The minimum atomic E-state index is -0.348. The first-order valence-corrected chi connectivity index (χ1v) is 11.2. The number of carbonyl (C=O) groups excluding carboxylic acids is 2. The standard InChI is InChI=1S/C21H18BrN5O3S/c1-30-11-4-2-10(3-5-11)8-27-16-13(22)9-31-18(16)14-12(6-7-24-20(29)17(14)27)15-19(28)26-21(23)25-15/h2-5,9H,6-8H2,1H3,(H,24,29)(H3,23,25,26,28)/b15-12-. The molecule has 2 amide bonds. The van der Waals surface area contributed by atoms with Gasteiger partial charge in [0.15, 0.2) is 0 Å². The first-order valence-electron chi connectivity index (χ1n) is 9.57. The molecule has 0 bridgehead atoms. The highest BCUT2D eigenvalue weighted by Gasteiger charge is 2.33. The van der Waals surface area contributed by atoms with E-state index in [9.17, 15) is 9.59 Å². The Balaban J connectivity index is 1.76. The minimum absolute atomic E-state index is 0.0684. The predicted molar refractivity (Wildman–Crippen MR) is 123 cm³/mol. The zero-order valence-electron chi connectivity index (χ0n) is 16.5. The van der Waals surface area contributed by atoms with Crippen molar-refractivity contribution in [2.24, 2.45) is 10.7 Å². The highest BCUT2D eigenvalue weighted by molar-refractivity contribution is 9.10. The number of halogens is 1. The summed E-state index contributed by atoms with van der Waals surface area (Å²) in [5.74, 6) is 0.313. The van der Waals surface area contributed by atoms with Crippen LogP contribution in [0.2, 0.25) is 0 Å². The average molecular weight is 500 g/mol. The molecule has 4 heterocycles. The maximum absolute atomic E-state index is 13.2. The van der Waals surface area contributed by atoms with Gasteiger partial charge in [-0.1, -0.05) is 12.1 Å². The topological polar surface area (TPSA) is 111 Å². The minimum Gasteiger partial charge on any atom is -0.497 e. The van der Waals surface area contributed by atoms with Gasteiger partial charge in [-0.3, -0.25) is 14.9 Å². The van der Waals surface area contributed by atoms with E-state index in [4.69, 9.17) is 10.5 Å². The molecule has 0 radical (unpaired) electrons. The van der Waals surface area contributed by atoms with Crippen LogP contribution in [-0.2, 0) is 11.3 Å². The van der Waals surface area contributed by atoms with E-state index in [2.05, 4.69) is 31.6 Å². The van der Waals surface area contributed by atoms with Crippen LogP contribution in [0.5, 0.6) is 5.75 Å². The molecule has 8 nitrogen and oxygen atoms in total. The number of nitrogens with one attached hydrogen (secondary N) is 2. The van der Waals surface area contributed by atoms with Crippen LogP contribution in [0.3, 0.4) is 0 Å². The largest absolute Gasteiger partial charge is 0.497 e. The van der Waals surface area contributed by atoms with Crippen LogP contribution in [0.15, 0.2) is 44.8 Å². The van der Waals surface area contributed by atoms with Crippen molar-refractivity contribution in [2.75, 3.05) is 13.7 Å². The molecule has 2 aromatic heterocycles. The lowest BCUT2D eigenvalue weighted by atomic mass is 10.0. The maximum atomic E-state index is 13.2. The third kappa shape index (κ3) is 3.22. The number of rotatable bonds is 3. The van der Waals surface area contributed by atoms with Crippen LogP contribution in [-0.4, -0.2) is 36.0 Å². The molecule has 2 aliphatic heterocycles. The Morgan fingerprint density at radius 3 is 2.71 bits per heavy atom. The zero-order chi connectivity index (χ0) is 21.7. The number of aliphatic imine (C=N–C) groups is 1. The number of nitrogens with two attached hydrogens (primary N) is 1. The highest BCUT2D eigenvalue weighted by atomic mass is 79.9. The molecule has 0 aliphatic carbocycles. The van der Waals surface area contributed by atoms with Crippen LogP contribution in [0.25, 0.3) is 15.8 Å². The number of amides is 2. The number of aromatic nitrogens is 1. The van der Waals surface area contributed by atoms with E-state index in [1.54, 1.807) is 7.11 Å². The van der Waals surface area contributed by atoms with E-state index in [1.807, 2.05) is 34.2 Å². The first kappa shape index (κ1) is 19.8. The van der Waals surface area contributed by atoms with Crippen molar-refractivity contribution < 1.29 is 14.3 Å². The number of carbonyl (C=O) groups is 2. The van der Waals surface area contributed by atoms with Gasteiger partial charge in [-0.25, -0.2) is 4.99 Å². The molecular weight excluding hydrogens is 482 g/mol. The van der Waals surface area contributed by atoms with Gasteiger partial charge in [-0.05, 0) is 45.6 Å². The number of thiophene rings is 1. The van der Waals surface area contributed by atoms with Crippen LogP contribution in [0.4, 0.5) is 0 Å². The molecule has 2 aliphatic rings. The van der Waals surface area contributed by atoms with Gasteiger partial charge < -0.3 is 20.4 Å². The number of benzene rings is 1. The molecule has 0 saturated carbocycles. The summed E-state index contributed by atoms with van der Waals surface area (Å²) in [5.41, 5.74) is 9.93. The van der Waals surface area contributed by atoms with Crippen molar-refractivity contribution in [3.63, 3.8) is 0 Å². The monoisotopic (exact) mass is 499 g/mol. The zero-order valence-corrected chi connectivity index (χ0v) is 18.9. The molecule has 0 saturated heterocycles. The van der Waals surface area contributed by atoms with E-state index in [1.165, 1.54) is 11.3 Å². The van der Waals surface area contributed by atoms with Crippen LogP contribution in [0, 0.1) is 0 Å². The molecule has 158 valence electrons. The van der Waals surface area contributed by atoms with Crippen molar-refractivity contribution >= 4 is 60.8 Å². The predicted octanol–water partition coefficient (Wildman–Crippen LogP) is 2.81. The lowest BCUT2D eigenvalue weighted by Gasteiger charge is -2.12. The van der Waals surface area contributed by atoms with Crippen molar-refractivity contribution in [3.05, 3.63) is 56.6 Å². The van der Waals surface area contributed by atoms with Crippen LogP contribution < -0.4 is 21.1 Å². The second-order valence-corrected chi connectivity index (χ2v) is 8.94. The SMILES string of the molecule is COc1ccc(Cn2c3c(c4scc(Br)c42)/C(=C2\N=C(N)NC2=O)CCNC3=O)cc1. The fourth-order valence-corrected chi connectivity index (χ4v) is 5.85. The summed E-state index contributed by atoms with van der Waals surface area (Å²) in [6.45, 7) is 0.893. The number of ether oxygens (including phenoxy) is 1. The fraction of sp³-hybridized carbons (Fsp3) is 0.190. The van der Waals surface area contributed by atoms with Crippen LogP contribution in [0.1, 0.15) is 28.0 Å². The first-order chi connectivity index (χ1) is 15.0. The third-order valence-electron chi connectivity index (χ3n) is 5.38. The number of guanidine groups is 1. The number of methoxy groups -OCH3 is 1. The van der Waals surface area contributed by atoms with E-state index < -0.39 is 0 Å². The summed E-state index contributed by atoms with van der Waals surface area (Å²) >= 11 is 5.17. The number of fused-ring (bicyclic) bond motifs is 3. The van der Waals surface area contributed by atoms with Gasteiger partial charge in [-0.15, -0.1) is 11.3 Å². The van der Waals surface area contributed by atoms with E-state index in [-0.39, 0.29) is 23.5 Å². The Kier molecular flexibility index (Phi) is 4.82. The Hall–Kier alpha value is -3.11. The van der Waals surface area contributed by atoms with Gasteiger partial charge in [0.25, 0.3) is 11.8 Å². The van der Waals surface area contributed by atoms with E-state index in [0.29, 0.717) is 25.2 Å². The van der Waals surface area contributed by atoms with Gasteiger partial charge >= 0.3 is 0 Å². The molecule has 0 unspecified atom stereocenters. The van der Waals surface area contributed by atoms with Gasteiger partial charge in [0, 0.05) is 24.0 Å².